The highest BCUT2D eigenvalue weighted by Gasteiger charge is 2.21. The highest BCUT2D eigenvalue weighted by molar-refractivity contribution is 5.37. The molecule has 1 aromatic rings. The summed E-state index contributed by atoms with van der Waals surface area (Å²) in [7, 11) is 1.74. The Labute approximate surface area is 113 Å². The smallest absolute Gasteiger partial charge is 0.119 e. The van der Waals surface area contributed by atoms with Crippen molar-refractivity contribution in [3.63, 3.8) is 0 Å². The van der Waals surface area contributed by atoms with E-state index in [2.05, 4.69) is 52.8 Å². The third kappa shape index (κ3) is 4.36. The van der Waals surface area contributed by atoms with Gasteiger partial charge in [-0.1, -0.05) is 46.6 Å². The second kappa shape index (κ2) is 6.26. The second-order valence-electron chi connectivity index (χ2n) is 6.41. The number of hydrogen-bond donors (Lipinski definition) is 0. The molecule has 1 heteroatoms. The molecule has 0 spiro atoms. The molecule has 1 aromatic carbocycles. The van der Waals surface area contributed by atoms with E-state index in [0.29, 0.717) is 0 Å². The van der Waals surface area contributed by atoms with Crippen LogP contribution in [0.5, 0.6) is 5.75 Å². The van der Waals surface area contributed by atoms with Crippen LogP contribution >= 0.6 is 0 Å². The monoisotopic (exact) mass is 248 g/mol. The summed E-state index contributed by atoms with van der Waals surface area (Å²) in [6, 6.07) is 6.56. The van der Waals surface area contributed by atoms with Crippen LogP contribution in [0.25, 0.3) is 0 Å². The predicted octanol–water partition coefficient (Wildman–Crippen LogP) is 5.11. The minimum Gasteiger partial charge on any atom is -0.497 e. The van der Waals surface area contributed by atoms with Crippen LogP contribution in [0.4, 0.5) is 0 Å². The summed E-state index contributed by atoms with van der Waals surface area (Å²) in [6.45, 7) is 11.4. The van der Waals surface area contributed by atoms with Crippen molar-refractivity contribution in [3.05, 3.63) is 29.3 Å². The van der Waals surface area contributed by atoms with E-state index in [1.165, 1.54) is 30.4 Å². The largest absolute Gasteiger partial charge is 0.497 e. The summed E-state index contributed by atoms with van der Waals surface area (Å²) in [5.41, 5.74) is 2.90. The quantitative estimate of drug-likeness (QED) is 0.680. The van der Waals surface area contributed by atoms with E-state index in [1.807, 2.05) is 0 Å². The van der Waals surface area contributed by atoms with Crippen molar-refractivity contribution in [1.82, 2.24) is 0 Å². The Morgan fingerprint density at radius 2 is 1.83 bits per heavy atom. The van der Waals surface area contributed by atoms with Crippen LogP contribution in [-0.4, -0.2) is 7.11 Å². The maximum atomic E-state index is 5.37. The lowest BCUT2D eigenvalue weighted by Crippen LogP contribution is -2.17. The van der Waals surface area contributed by atoms with Gasteiger partial charge in [-0.25, -0.2) is 0 Å². The molecule has 0 N–H and O–H groups in total. The zero-order valence-electron chi connectivity index (χ0n) is 12.8. The normalized spacial score (nSPS) is 11.9. The van der Waals surface area contributed by atoms with E-state index in [9.17, 15) is 0 Å². The molecular formula is C17H28O. The van der Waals surface area contributed by atoms with Gasteiger partial charge < -0.3 is 4.74 Å². The summed E-state index contributed by atoms with van der Waals surface area (Å²) in [4.78, 5) is 0. The Hall–Kier alpha value is -0.980. The van der Waals surface area contributed by atoms with Gasteiger partial charge in [0.05, 0.1) is 7.11 Å². The summed E-state index contributed by atoms with van der Waals surface area (Å²) in [5, 5.41) is 0. The van der Waals surface area contributed by atoms with Gasteiger partial charge in [-0.3, -0.25) is 0 Å². The van der Waals surface area contributed by atoms with Gasteiger partial charge >= 0.3 is 0 Å². The molecule has 18 heavy (non-hydrogen) atoms. The molecule has 0 radical (unpaired) electrons. The first-order chi connectivity index (χ1) is 8.35. The zero-order valence-corrected chi connectivity index (χ0v) is 12.8. The lowest BCUT2D eigenvalue weighted by atomic mass is 9.79. The van der Waals surface area contributed by atoms with E-state index in [1.54, 1.807) is 7.11 Å². The molecule has 0 bridgehead atoms. The average Bonchev–Trinajstić information content (AvgIpc) is 2.27. The molecule has 1 nitrogen and oxygen atoms in total. The van der Waals surface area contributed by atoms with Crippen LogP contribution < -0.4 is 4.74 Å². The van der Waals surface area contributed by atoms with Crippen LogP contribution in [0.3, 0.4) is 0 Å². The van der Waals surface area contributed by atoms with Gasteiger partial charge in [-0.2, -0.15) is 0 Å². The van der Waals surface area contributed by atoms with Crippen LogP contribution in [0.15, 0.2) is 18.2 Å². The van der Waals surface area contributed by atoms with Crippen molar-refractivity contribution in [2.24, 2.45) is 5.92 Å². The molecule has 0 unspecified atom stereocenters. The predicted molar refractivity (Wildman–Crippen MR) is 79.4 cm³/mol. The van der Waals surface area contributed by atoms with Gasteiger partial charge in [0, 0.05) is 0 Å². The Kier molecular flexibility index (Phi) is 5.25. The first-order valence-corrected chi connectivity index (χ1v) is 7.01. The summed E-state index contributed by atoms with van der Waals surface area (Å²) >= 11 is 0. The van der Waals surface area contributed by atoms with Gasteiger partial charge in [-0.05, 0) is 47.9 Å². The molecule has 0 atom stereocenters. The van der Waals surface area contributed by atoms with Crippen molar-refractivity contribution in [3.8, 4) is 5.75 Å². The summed E-state index contributed by atoms with van der Waals surface area (Å²) in [6.07, 6.45) is 3.84. The Balaban J connectivity index is 2.80. The molecule has 0 fully saturated rings. The summed E-state index contributed by atoms with van der Waals surface area (Å²) in [5.74, 6) is 1.77. The minimum absolute atomic E-state index is 0.230. The zero-order chi connectivity index (χ0) is 13.8. The van der Waals surface area contributed by atoms with Gasteiger partial charge in [0.1, 0.15) is 5.75 Å². The molecule has 0 saturated heterocycles. The first kappa shape index (κ1) is 15.1. The maximum absolute atomic E-state index is 5.37. The molecule has 0 aliphatic rings. The SMILES string of the molecule is COc1cc(C)cc(C(C)(C)CCCC(C)C)c1. The number of methoxy groups -OCH3 is 1. The molecular weight excluding hydrogens is 220 g/mol. The van der Waals surface area contributed by atoms with Crippen LogP contribution in [0, 0.1) is 12.8 Å². The topological polar surface area (TPSA) is 9.23 Å². The molecule has 0 saturated carbocycles. The van der Waals surface area contributed by atoms with Crippen LogP contribution in [0.2, 0.25) is 0 Å². The van der Waals surface area contributed by atoms with E-state index in [-0.39, 0.29) is 5.41 Å². The average molecular weight is 248 g/mol. The molecule has 0 aliphatic carbocycles. The maximum Gasteiger partial charge on any atom is 0.119 e. The molecule has 0 amide bonds. The molecule has 1 rings (SSSR count). The van der Waals surface area contributed by atoms with Crippen LogP contribution in [0.1, 0.15) is 58.1 Å². The highest BCUT2D eigenvalue weighted by atomic mass is 16.5. The van der Waals surface area contributed by atoms with E-state index in [4.69, 9.17) is 4.74 Å². The number of rotatable bonds is 6. The highest BCUT2D eigenvalue weighted by Crippen LogP contribution is 2.32. The first-order valence-electron chi connectivity index (χ1n) is 7.01. The lowest BCUT2D eigenvalue weighted by Gasteiger charge is -2.26. The van der Waals surface area contributed by atoms with Crippen molar-refractivity contribution in [2.45, 2.75) is 59.3 Å². The number of aryl methyl sites for hydroxylation is 1. The second-order valence-corrected chi connectivity index (χ2v) is 6.41. The molecule has 102 valence electrons. The van der Waals surface area contributed by atoms with E-state index < -0.39 is 0 Å². The van der Waals surface area contributed by atoms with Crippen molar-refractivity contribution in [2.75, 3.05) is 7.11 Å². The fraction of sp³-hybridized carbons (Fsp3) is 0.647. The fourth-order valence-corrected chi connectivity index (χ4v) is 2.35. The van der Waals surface area contributed by atoms with E-state index in [0.717, 1.165) is 11.7 Å². The number of hydrogen-bond acceptors (Lipinski definition) is 1. The number of benzene rings is 1. The Morgan fingerprint density at radius 3 is 2.39 bits per heavy atom. The molecule has 0 aliphatic heterocycles. The third-order valence-electron chi connectivity index (χ3n) is 3.65. The Morgan fingerprint density at radius 1 is 1.17 bits per heavy atom. The van der Waals surface area contributed by atoms with Crippen molar-refractivity contribution >= 4 is 0 Å². The van der Waals surface area contributed by atoms with Crippen molar-refractivity contribution in [1.29, 1.82) is 0 Å². The standard InChI is InChI=1S/C17H28O/c1-13(2)8-7-9-17(4,5)15-10-14(3)11-16(12-15)18-6/h10-13H,7-9H2,1-6H3. The number of ether oxygens (including phenoxy) is 1. The third-order valence-corrected chi connectivity index (χ3v) is 3.65. The minimum atomic E-state index is 0.230. The van der Waals surface area contributed by atoms with Crippen molar-refractivity contribution < 1.29 is 4.74 Å². The van der Waals surface area contributed by atoms with E-state index >= 15 is 0 Å². The van der Waals surface area contributed by atoms with Gasteiger partial charge in [0.15, 0.2) is 0 Å². The van der Waals surface area contributed by atoms with Gasteiger partial charge in [-0.15, -0.1) is 0 Å². The summed E-state index contributed by atoms with van der Waals surface area (Å²) < 4.78 is 5.37. The molecule has 0 heterocycles. The Bertz CT molecular complexity index is 377. The lowest BCUT2D eigenvalue weighted by molar-refractivity contribution is 0.403. The van der Waals surface area contributed by atoms with Gasteiger partial charge in [0.2, 0.25) is 0 Å². The van der Waals surface area contributed by atoms with Crippen LogP contribution in [-0.2, 0) is 5.41 Å². The molecule has 0 aromatic heterocycles. The fourth-order valence-electron chi connectivity index (χ4n) is 2.35. The van der Waals surface area contributed by atoms with Gasteiger partial charge in [0.25, 0.3) is 0 Å².